The van der Waals surface area contributed by atoms with Gasteiger partial charge in [0, 0.05) is 11.3 Å². The average molecular weight is 332 g/mol. The van der Waals surface area contributed by atoms with Gasteiger partial charge in [0.1, 0.15) is 11.3 Å². The van der Waals surface area contributed by atoms with Gasteiger partial charge in [-0.05, 0) is 38.5 Å². The van der Waals surface area contributed by atoms with Crippen LogP contribution in [0.15, 0.2) is 32.4 Å². The molecule has 2 aromatic heterocycles. The number of nitrogens with zero attached hydrogens (tertiary/aromatic N) is 2. The molecule has 0 bridgehead atoms. The Labute approximate surface area is 137 Å². The normalized spacial score (nSPS) is 11.1. The third-order valence-electron chi connectivity index (χ3n) is 3.55. The number of ether oxygens (including phenoxy) is 1. The number of carbonyl (C=O) groups excluding carboxylic acids is 1. The minimum Gasteiger partial charge on any atom is -0.465 e. The first kappa shape index (κ1) is 15.6. The van der Waals surface area contributed by atoms with Crippen molar-refractivity contribution in [2.75, 3.05) is 12.9 Å². The minimum atomic E-state index is -0.393. The van der Waals surface area contributed by atoms with Crippen LogP contribution < -0.4 is 0 Å². The molecule has 2 heterocycles. The molecule has 0 radical (unpaired) electrons. The number of fused-ring (bicyclic) bond motifs is 1. The van der Waals surface area contributed by atoms with Crippen molar-refractivity contribution in [2.45, 2.75) is 25.5 Å². The van der Waals surface area contributed by atoms with Crippen molar-refractivity contribution in [3.05, 3.63) is 40.8 Å². The molecule has 3 aromatic rings. The summed E-state index contributed by atoms with van der Waals surface area (Å²) in [4.78, 5) is 15.9. The Hall–Kier alpha value is -2.28. The molecule has 0 N–H and O–H groups in total. The Morgan fingerprint density at radius 1 is 1.35 bits per heavy atom. The maximum Gasteiger partial charge on any atom is 0.337 e. The lowest BCUT2D eigenvalue weighted by Gasteiger charge is -1.97. The number of hydrogen-bond acceptors (Lipinski definition) is 7. The zero-order valence-electron chi connectivity index (χ0n) is 13.1. The molecule has 0 aliphatic carbocycles. The zero-order chi connectivity index (χ0) is 16.4. The van der Waals surface area contributed by atoms with Gasteiger partial charge in [-0.3, -0.25) is 0 Å². The van der Waals surface area contributed by atoms with Gasteiger partial charge in [0.15, 0.2) is 5.58 Å². The first-order valence-electron chi connectivity index (χ1n) is 7.12. The first-order valence-corrected chi connectivity index (χ1v) is 8.10. The highest BCUT2D eigenvalue weighted by Crippen LogP contribution is 2.26. The molecule has 0 unspecified atom stereocenters. The molecule has 7 heteroatoms. The van der Waals surface area contributed by atoms with Gasteiger partial charge < -0.3 is 13.7 Å². The molecule has 0 spiro atoms. The van der Waals surface area contributed by atoms with Gasteiger partial charge in [-0.25, -0.2) is 9.78 Å². The van der Waals surface area contributed by atoms with E-state index in [1.54, 1.807) is 18.2 Å². The monoisotopic (exact) mass is 332 g/mol. The molecule has 0 saturated heterocycles. The van der Waals surface area contributed by atoms with Gasteiger partial charge in [0.25, 0.3) is 5.22 Å². The lowest BCUT2D eigenvalue weighted by atomic mass is 10.1. The molecule has 0 saturated carbocycles. The summed E-state index contributed by atoms with van der Waals surface area (Å²) >= 11 is 1.52. The van der Waals surface area contributed by atoms with Crippen LogP contribution in [-0.2, 0) is 11.2 Å². The van der Waals surface area contributed by atoms with Gasteiger partial charge in [-0.15, -0.1) is 0 Å². The fourth-order valence-corrected chi connectivity index (χ4v) is 3.10. The third-order valence-corrected chi connectivity index (χ3v) is 4.38. The number of thioether (sulfide) groups is 1. The fraction of sp³-hybridized carbons (Fsp3) is 0.312. The van der Waals surface area contributed by atoms with Crippen LogP contribution in [0.4, 0.5) is 0 Å². The quantitative estimate of drug-likeness (QED) is 0.522. The van der Waals surface area contributed by atoms with E-state index in [1.165, 1.54) is 18.9 Å². The van der Waals surface area contributed by atoms with E-state index in [-0.39, 0.29) is 0 Å². The summed E-state index contributed by atoms with van der Waals surface area (Å²) in [5.41, 5.74) is 3.79. The molecule has 0 amide bonds. The number of benzene rings is 1. The summed E-state index contributed by atoms with van der Waals surface area (Å²) in [5.74, 6) is 1.26. The maximum absolute atomic E-state index is 11.5. The topological polar surface area (TPSA) is 78.4 Å². The molecule has 0 aliphatic heterocycles. The van der Waals surface area contributed by atoms with Crippen LogP contribution >= 0.6 is 11.8 Å². The Bertz CT molecular complexity index is 834. The molecule has 120 valence electrons. The first-order chi connectivity index (χ1) is 11.1. The van der Waals surface area contributed by atoms with Gasteiger partial charge >= 0.3 is 5.97 Å². The van der Waals surface area contributed by atoms with Gasteiger partial charge in [-0.2, -0.15) is 0 Å². The van der Waals surface area contributed by atoms with Crippen LogP contribution in [0.2, 0.25) is 0 Å². The van der Waals surface area contributed by atoms with Crippen molar-refractivity contribution in [1.29, 1.82) is 0 Å². The predicted molar refractivity (Wildman–Crippen MR) is 85.8 cm³/mol. The highest BCUT2D eigenvalue weighted by atomic mass is 32.2. The summed E-state index contributed by atoms with van der Waals surface area (Å²) in [5, 5.41) is 4.52. The van der Waals surface area contributed by atoms with Gasteiger partial charge in [0.2, 0.25) is 0 Å². The predicted octanol–water partition coefficient (Wildman–Crippen LogP) is 3.55. The van der Waals surface area contributed by atoms with Crippen LogP contribution in [0.3, 0.4) is 0 Å². The number of esters is 1. The van der Waals surface area contributed by atoms with Gasteiger partial charge in [-0.1, -0.05) is 16.9 Å². The van der Waals surface area contributed by atoms with Crippen LogP contribution in [0.1, 0.15) is 27.4 Å². The minimum absolute atomic E-state index is 0.393. The van der Waals surface area contributed by atoms with E-state index in [1.807, 2.05) is 13.8 Å². The summed E-state index contributed by atoms with van der Waals surface area (Å²) in [7, 11) is 1.35. The van der Waals surface area contributed by atoms with Crippen molar-refractivity contribution in [1.82, 2.24) is 10.1 Å². The number of oxazole rings is 1. The molecular formula is C16H16N2O4S. The van der Waals surface area contributed by atoms with Crippen molar-refractivity contribution >= 4 is 28.8 Å². The largest absolute Gasteiger partial charge is 0.465 e. The lowest BCUT2D eigenvalue weighted by Crippen LogP contribution is -2.00. The van der Waals surface area contributed by atoms with E-state index in [0.717, 1.165) is 34.7 Å². The number of aryl methyl sites for hydroxylation is 2. The van der Waals surface area contributed by atoms with E-state index in [4.69, 9.17) is 13.7 Å². The second kappa shape index (κ2) is 6.45. The van der Waals surface area contributed by atoms with E-state index in [2.05, 4.69) is 10.1 Å². The van der Waals surface area contributed by atoms with Gasteiger partial charge in [0.05, 0.1) is 18.4 Å². The lowest BCUT2D eigenvalue weighted by molar-refractivity contribution is 0.0600. The summed E-state index contributed by atoms with van der Waals surface area (Å²) < 4.78 is 15.5. The summed E-state index contributed by atoms with van der Waals surface area (Å²) in [6.07, 6.45) is 0.831. The number of aromatic nitrogens is 2. The number of methoxy groups -OCH3 is 1. The van der Waals surface area contributed by atoms with E-state index < -0.39 is 5.97 Å². The maximum atomic E-state index is 11.5. The standard InChI is InChI=1S/C16H16N2O4S/c1-9-12(10(2)22-18-9)6-7-23-16-17-13-5-4-11(15(19)20-3)8-14(13)21-16/h4-5,8H,6-7H2,1-3H3. The van der Waals surface area contributed by atoms with E-state index in [0.29, 0.717) is 16.4 Å². The smallest absolute Gasteiger partial charge is 0.337 e. The van der Waals surface area contributed by atoms with Crippen LogP contribution in [0.25, 0.3) is 11.1 Å². The Kier molecular flexibility index (Phi) is 4.38. The highest BCUT2D eigenvalue weighted by molar-refractivity contribution is 7.99. The Balaban J connectivity index is 1.70. The molecule has 1 aromatic carbocycles. The number of carbonyl (C=O) groups is 1. The molecule has 3 rings (SSSR count). The average Bonchev–Trinajstić information content (AvgIpc) is 3.10. The summed E-state index contributed by atoms with van der Waals surface area (Å²) in [6.45, 7) is 3.85. The molecule has 0 aliphatic rings. The van der Waals surface area contributed by atoms with E-state index in [9.17, 15) is 4.79 Å². The van der Waals surface area contributed by atoms with Crippen LogP contribution in [0.5, 0.6) is 0 Å². The molecule has 6 nitrogen and oxygen atoms in total. The number of hydrogen-bond donors (Lipinski definition) is 0. The second-order valence-corrected chi connectivity index (χ2v) is 6.10. The van der Waals surface area contributed by atoms with E-state index >= 15 is 0 Å². The molecule has 0 atom stereocenters. The second-order valence-electron chi connectivity index (χ2n) is 5.06. The Morgan fingerprint density at radius 2 is 2.17 bits per heavy atom. The molecule has 23 heavy (non-hydrogen) atoms. The summed E-state index contributed by atoms with van der Waals surface area (Å²) in [6, 6.07) is 5.07. The van der Waals surface area contributed by atoms with Crippen LogP contribution in [-0.4, -0.2) is 29.0 Å². The van der Waals surface area contributed by atoms with Crippen molar-refractivity contribution < 1.29 is 18.5 Å². The van der Waals surface area contributed by atoms with Crippen molar-refractivity contribution in [2.24, 2.45) is 0 Å². The Morgan fingerprint density at radius 3 is 2.87 bits per heavy atom. The third kappa shape index (κ3) is 3.24. The van der Waals surface area contributed by atoms with Crippen molar-refractivity contribution in [3.8, 4) is 0 Å². The van der Waals surface area contributed by atoms with Crippen LogP contribution in [0, 0.1) is 13.8 Å². The highest BCUT2D eigenvalue weighted by Gasteiger charge is 2.13. The fourth-order valence-electron chi connectivity index (χ4n) is 2.31. The number of rotatable bonds is 5. The SMILES string of the molecule is COC(=O)c1ccc2nc(SCCc3c(C)noc3C)oc2c1. The molecule has 0 fully saturated rings. The zero-order valence-corrected chi connectivity index (χ0v) is 13.9. The molecular weight excluding hydrogens is 316 g/mol. The van der Waals surface area contributed by atoms with Crippen molar-refractivity contribution in [3.63, 3.8) is 0 Å².